The van der Waals surface area contributed by atoms with Gasteiger partial charge < -0.3 is 4.90 Å². The molecule has 0 saturated heterocycles. The van der Waals surface area contributed by atoms with E-state index in [0.29, 0.717) is 5.69 Å². The van der Waals surface area contributed by atoms with Gasteiger partial charge in [-0.15, -0.1) is 0 Å². The molecule has 0 spiro atoms. The lowest BCUT2D eigenvalue weighted by molar-refractivity contribution is -0.384. The van der Waals surface area contributed by atoms with Gasteiger partial charge in [-0.05, 0) is 24.3 Å². The van der Waals surface area contributed by atoms with Crippen molar-refractivity contribution in [1.29, 1.82) is 5.53 Å². The molecule has 3 rings (SSSR count). The van der Waals surface area contributed by atoms with Crippen molar-refractivity contribution in [2.45, 2.75) is 0 Å². The molecule has 0 atom stereocenters. The molecule has 3 aromatic carbocycles. The zero-order chi connectivity index (χ0) is 19.9. The molecule has 138 valence electrons. The molecule has 0 aliphatic carbocycles. The van der Waals surface area contributed by atoms with Crippen molar-refractivity contribution in [3.63, 3.8) is 0 Å². The fourth-order valence-corrected chi connectivity index (χ4v) is 1.83. The summed E-state index contributed by atoms with van der Waals surface area (Å²) in [6, 6.07) is 27.4. The smallest absolute Gasteiger partial charge is 0.269 e. The molecule has 0 saturated carbocycles. The van der Waals surface area contributed by atoms with E-state index in [-0.39, 0.29) is 5.69 Å². The maximum atomic E-state index is 10.0. The Bertz CT molecular complexity index is 797. The van der Waals surface area contributed by atoms with Crippen LogP contribution in [0.1, 0.15) is 0 Å². The topological polar surface area (TPSA) is 96.7 Å². The summed E-state index contributed by atoms with van der Waals surface area (Å²) in [6.07, 6.45) is 0. The number of nitro benzene ring substituents is 1. The lowest BCUT2D eigenvalue weighted by atomic mass is 10.3. The van der Waals surface area contributed by atoms with Crippen molar-refractivity contribution < 1.29 is 4.92 Å². The third-order valence-electron chi connectivity index (χ3n) is 3.16. The van der Waals surface area contributed by atoms with Gasteiger partial charge in [-0.1, -0.05) is 54.6 Å². The van der Waals surface area contributed by atoms with Crippen molar-refractivity contribution in [2.75, 3.05) is 19.0 Å². The average molecular weight is 364 g/mol. The normalized spacial score (nSPS) is 8.67. The van der Waals surface area contributed by atoms with Crippen LogP contribution in [0, 0.1) is 15.6 Å². The number of hydrogen-bond acceptors (Lipinski definition) is 5. The van der Waals surface area contributed by atoms with E-state index in [9.17, 15) is 10.1 Å². The lowest BCUT2D eigenvalue weighted by Crippen LogP contribution is -2.07. The van der Waals surface area contributed by atoms with Crippen LogP contribution in [0.25, 0.3) is 0 Å². The molecule has 3 aromatic rings. The number of nitrogens with zero attached hydrogens (tertiary/aromatic N) is 4. The first-order chi connectivity index (χ1) is 13.0. The minimum Gasteiger partial charge on any atom is -0.378 e. The highest BCUT2D eigenvalue weighted by molar-refractivity contribution is 5.43. The highest BCUT2D eigenvalue weighted by Gasteiger charge is 1.98. The van der Waals surface area contributed by atoms with Crippen molar-refractivity contribution >= 4 is 17.1 Å². The molecule has 0 aliphatic rings. The van der Waals surface area contributed by atoms with Crippen LogP contribution in [0.2, 0.25) is 0 Å². The molecule has 0 heterocycles. The number of nitro groups is 1. The van der Waals surface area contributed by atoms with Gasteiger partial charge in [0.05, 0.1) is 4.92 Å². The molecular formula is C20H22N5O2+. The number of nitrogens with one attached hydrogen (secondary N) is 1. The van der Waals surface area contributed by atoms with Crippen molar-refractivity contribution in [3.8, 4) is 0 Å². The van der Waals surface area contributed by atoms with Gasteiger partial charge in [0.25, 0.3) is 5.69 Å². The lowest BCUT2D eigenvalue weighted by Gasteiger charge is -2.10. The quantitative estimate of drug-likeness (QED) is 0.299. The summed E-state index contributed by atoms with van der Waals surface area (Å²) in [7, 11) is 4.07. The summed E-state index contributed by atoms with van der Waals surface area (Å²) in [6.45, 7) is 0. The first kappa shape index (κ1) is 21.2. The Hall–Kier alpha value is -3.83. The van der Waals surface area contributed by atoms with Crippen molar-refractivity contribution in [1.82, 2.24) is 4.91 Å². The summed E-state index contributed by atoms with van der Waals surface area (Å²) in [4.78, 5) is 14.6. The molecular weight excluding hydrogens is 342 g/mol. The fourth-order valence-electron chi connectivity index (χ4n) is 1.83. The molecule has 0 unspecified atom stereocenters. The number of hydrogen-bond donors (Lipinski definition) is 1. The van der Waals surface area contributed by atoms with Crippen LogP contribution in [0.5, 0.6) is 0 Å². The van der Waals surface area contributed by atoms with Crippen LogP contribution >= 0.6 is 0 Å². The van der Waals surface area contributed by atoms with E-state index in [0.717, 1.165) is 0 Å². The van der Waals surface area contributed by atoms with Crippen LogP contribution in [-0.4, -0.2) is 19.0 Å². The number of non-ortho nitro benzene ring substituents is 1. The standard InChI is InChI=1S/C8H11N.C6H6N3.C6H5NO2/c1-9(2)8-6-4-3-5-7-8;7-9-8-6-4-2-1-3-5-6;8-7(9)6-4-2-1-3-5-6/h3-7H,1-2H3;1-5,7H;1-5H/q;+1;. The first-order valence-corrected chi connectivity index (χ1v) is 8.09. The Balaban J connectivity index is 0.000000202. The van der Waals surface area contributed by atoms with Crippen LogP contribution in [0.4, 0.5) is 17.1 Å². The van der Waals surface area contributed by atoms with Gasteiger partial charge >= 0.3 is 0 Å². The number of benzene rings is 3. The molecule has 0 bridgehead atoms. The van der Waals surface area contributed by atoms with E-state index < -0.39 is 4.92 Å². The van der Waals surface area contributed by atoms with Gasteiger partial charge in [0.2, 0.25) is 4.91 Å². The summed E-state index contributed by atoms with van der Waals surface area (Å²) in [5.41, 5.74) is 8.50. The highest BCUT2D eigenvalue weighted by atomic mass is 16.6. The summed E-state index contributed by atoms with van der Waals surface area (Å²) >= 11 is 0. The minimum absolute atomic E-state index is 0.137. The maximum absolute atomic E-state index is 10.0. The van der Waals surface area contributed by atoms with Crippen LogP contribution in [-0.2, 0) is 0 Å². The maximum Gasteiger partial charge on any atom is 0.269 e. The second-order valence-corrected chi connectivity index (χ2v) is 5.36. The summed E-state index contributed by atoms with van der Waals surface area (Å²) in [5.74, 6) is 0. The Kier molecular flexibility index (Phi) is 9.84. The van der Waals surface area contributed by atoms with Gasteiger partial charge in [-0.25, -0.2) is 0 Å². The third-order valence-corrected chi connectivity index (χ3v) is 3.16. The van der Waals surface area contributed by atoms with E-state index in [4.69, 9.17) is 5.53 Å². The Morgan fingerprint density at radius 3 is 1.63 bits per heavy atom. The SMILES string of the molecule is CN(C)c1ccccc1.N=[N+]=Nc1ccccc1.O=[N+]([O-])c1ccccc1. The molecule has 1 N–H and O–H groups in total. The van der Waals surface area contributed by atoms with Gasteiger partial charge in [0.1, 0.15) is 5.53 Å². The molecule has 7 nitrogen and oxygen atoms in total. The monoisotopic (exact) mass is 364 g/mol. The molecule has 7 heteroatoms. The highest BCUT2D eigenvalue weighted by Crippen LogP contribution is 2.08. The first-order valence-electron chi connectivity index (χ1n) is 8.09. The predicted octanol–water partition coefficient (Wildman–Crippen LogP) is 5.22. The van der Waals surface area contributed by atoms with E-state index in [1.165, 1.54) is 17.8 Å². The number of para-hydroxylation sites is 2. The van der Waals surface area contributed by atoms with Crippen LogP contribution in [0.15, 0.2) is 96.1 Å². The average Bonchev–Trinajstić information content (AvgIpc) is 2.71. The van der Waals surface area contributed by atoms with Gasteiger partial charge in [0, 0.05) is 31.9 Å². The molecule has 0 fully saturated rings. The van der Waals surface area contributed by atoms with Gasteiger partial charge in [0.15, 0.2) is 10.8 Å². The number of anilines is 1. The Morgan fingerprint density at radius 2 is 1.30 bits per heavy atom. The number of rotatable bonds is 3. The van der Waals surface area contributed by atoms with Crippen LogP contribution in [0.3, 0.4) is 0 Å². The Morgan fingerprint density at radius 1 is 0.852 bits per heavy atom. The van der Waals surface area contributed by atoms with Crippen LogP contribution < -0.4 is 9.81 Å². The molecule has 0 amide bonds. The van der Waals surface area contributed by atoms with E-state index in [2.05, 4.69) is 27.1 Å². The Labute approximate surface area is 158 Å². The zero-order valence-electron chi connectivity index (χ0n) is 15.3. The molecule has 27 heavy (non-hydrogen) atoms. The van der Waals surface area contributed by atoms with E-state index in [1.807, 2.05) is 50.5 Å². The van der Waals surface area contributed by atoms with Gasteiger partial charge in [-0.3, -0.25) is 10.1 Å². The zero-order valence-corrected chi connectivity index (χ0v) is 15.3. The van der Waals surface area contributed by atoms with Gasteiger partial charge in [-0.2, -0.15) is 0 Å². The van der Waals surface area contributed by atoms with Crippen molar-refractivity contribution in [3.05, 3.63) is 101 Å². The predicted molar refractivity (Wildman–Crippen MR) is 107 cm³/mol. The molecule has 0 aromatic heterocycles. The largest absolute Gasteiger partial charge is 0.378 e. The van der Waals surface area contributed by atoms with E-state index in [1.54, 1.807) is 30.3 Å². The van der Waals surface area contributed by atoms with Crippen molar-refractivity contribution in [2.24, 2.45) is 5.11 Å². The molecule has 0 radical (unpaired) electrons. The second-order valence-electron chi connectivity index (χ2n) is 5.36. The summed E-state index contributed by atoms with van der Waals surface area (Å²) < 4.78 is 0. The minimum atomic E-state index is -0.417. The second kappa shape index (κ2) is 12.5. The fraction of sp³-hybridized carbons (Fsp3) is 0.100. The molecule has 0 aliphatic heterocycles. The third kappa shape index (κ3) is 9.28. The van der Waals surface area contributed by atoms with E-state index >= 15 is 0 Å². The summed E-state index contributed by atoms with van der Waals surface area (Å²) in [5, 5.41) is 13.5.